The van der Waals surface area contributed by atoms with E-state index in [9.17, 15) is 4.79 Å². The number of rotatable bonds is 14. The molecule has 40 heavy (non-hydrogen) atoms. The first kappa shape index (κ1) is 31.0. The van der Waals surface area contributed by atoms with E-state index < -0.39 is 11.1 Å². The van der Waals surface area contributed by atoms with E-state index >= 15 is 0 Å². The molecule has 2 aromatic carbocycles. The Bertz CT molecular complexity index is 1220. The Morgan fingerprint density at radius 3 is 2.50 bits per heavy atom. The summed E-state index contributed by atoms with van der Waals surface area (Å²) in [4.78, 5) is 19.5. The van der Waals surface area contributed by atoms with Gasteiger partial charge in [0.15, 0.2) is 5.96 Å². The normalized spacial score (nSPS) is 15.8. The highest BCUT2D eigenvalue weighted by Gasteiger charge is 2.37. The van der Waals surface area contributed by atoms with Gasteiger partial charge in [0.2, 0.25) is 5.91 Å². The molecule has 8 nitrogen and oxygen atoms in total. The van der Waals surface area contributed by atoms with Crippen LogP contribution in [-0.2, 0) is 16.1 Å². The molecule has 0 spiro atoms. The first-order valence-electron chi connectivity index (χ1n) is 14.1. The number of carbonyl (C=O) groups is 1. The van der Waals surface area contributed by atoms with Crippen LogP contribution in [0.4, 0.5) is 0 Å². The number of benzene rings is 2. The van der Waals surface area contributed by atoms with Crippen LogP contribution in [0.25, 0.3) is 5.70 Å². The van der Waals surface area contributed by atoms with E-state index in [1.807, 2.05) is 77.1 Å². The maximum absolute atomic E-state index is 13.2. The fourth-order valence-electron chi connectivity index (χ4n) is 5.06. The molecular weight excluding hydrogens is 504 g/mol. The lowest BCUT2D eigenvalue weighted by molar-refractivity contribution is -0.130. The minimum atomic E-state index is -0.476. The molecule has 0 aliphatic carbocycles. The van der Waals surface area contributed by atoms with E-state index in [1.54, 1.807) is 12.0 Å². The van der Waals surface area contributed by atoms with E-state index in [2.05, 4.69) is 18.8 Å². The number of hydrogen-bond acceptors (Lipinski definition) is 7. The van der Waals surface area contributed by atoms with Gasteiger partial charge in [-0.3, -0.25) is 9.69 Å². The maximum atomic E-state index is 13.2. The van der Waals surface area contributed by atoms with Crippen LogP contribution in [-0.4, -0.2) is 48.2 Å². The number of nitrogens with two attached hydrogens (primary N) is 1. The molecule has 1 unspecified atom stereocenters. The standard InChI is InChI=1S/C32H46N4O4/c1-9-32(10-2)19-29(37)36(30(33)35-32)20-25-18-24(16-17-27(25)39-11-3)22(4)34-23(5)26-14-12-13-15-28(26)40-31(6,7)21-38-8/h12-18,23,34H,4,9-11,19-21H2,1-3,5-8H3,(H2,33,35). The molecule has 3 rings (SSSR count). The Labute approximate surface area is 239 Å². The minimum Gasteiger partial charge on any atom is -0.494 e. The van der Waals surface area contributed by atoms with Gasteiger partial charge in [0, 0.05) is 23.9 Å². The van der Waals surface area contributed by atoms with Crippen molar-refractivity contribution in [3.05, 3.63) is 65.7 Å². The molecule has 0 saturated carbocycles. The average molecular weight is 551 g/mol. The molecule has 0 radical (unpaired) electrons. The smallest absolute Gasteiger partial charge is 0.232 e. The molecule has 1 heterocycles. The zero-order valence-corrected chi connectivity index (χ0v) is 25.2. The summed E-state index contributed by atoms with van der Waals surface area (Å²) in [7, 11) is 1.67. The van der Waals surface area contributed by atoms with Gasteiger partial charge in [-0.1, -0.05) is 38.6 Å². The van der Waals surface area contributed by atoms with Crippen molar-refractivity contribution < 1.29 is 19.0 Å². The second kappa shape index (κ2) is 13.2. The Balaban J connectivity index is 1.84. The van der Waals surface area contributed by atoms with Crippen LogP contribution in [0.1, 0.15) is 83.5 Å². The highest BCUT2D eigenvalue weighted by atomic mass is 16.5. The highest BCUT2D eigenvalue weighted by molar-refractivity contribution is 5.99. The first-order chi connectivity index (χ1) is 19.0. The third-order valence-electron chi connectivity index (χ3n) is 7.42. The van der Waals surface area contributed by atoms with Crippen molar-refractivity contribution in [3.63, 3.8) is 0 Å². The lowest BCUT2D eigenvalue weighted by Gasteiger charge is -2.36. The molecule has 2 aromatic rings. The van der Waals surface area contributed by atoms with Gasteiger partial charge < -0.3 is 25.3 Å². The van der Waals surface area contributed by atoms with Crippen LogP contribution >= 0.6 is 0 Å². The molecule has 218 valence electrons. The van der Waals surface area contributed by atoms with Gasteiger partial charge in [-0.15, -0.1) is 0 Å². The third kappa shape index (κ3) is 7.36. The van der Waals surface area contributed by atoms with Crippen molar-refractivity contribution in [2.75, 3.05) is 20.3 Å². The maximum Gasteiger partial charge on any atom is 0.232 e. The van der Waals surface area contributed by atoms with Gasteiger partial charge >= 0.3 is 0 Å². The fourth-order valence-corrected chi connectivity index (χ4v) is 5.06. The summed E-state index contributed by atoms with van der Waals surface area (Å²) in [6.45, 7) is 17.7. The van der Waals surface area contributed by atoms with Crippen LogP contribution in [0.5, 0.6) is 11.5 Å². The van der Waals surface area contributed by atoms with Gasteiger partial charge in [0.05, 0.1) is 37.8 Å². The molecule has 3 N–H and O–H groups in total. The summed E-state index contributed by atoms with van der Waals surface area (Å²) in [5, 5.41) is 3.52. The molecule has 0 bridgehead atoms. The number of guanidine groups is 1. The summed E-state index contributed by atoms with van der Waals surface area (Å²) in [6.07, 6.45) is 1.88. The monoisotopic (exact) mass is 550 g/mol. The van der Waals surface area contributed by atoms with Crippen LogP contribution < -0.4 is 20.5 Å². The number of ether oxygens (including phenoxy) is 3. The predicted octanol–water partition coefficient (Wildman–Crippen LogP) is 5.82. The summed E-state index contributed by atoms with van der Waals surface area (Å²) in [5.41, 5.74) is 8.92. The first-order valence-corrected chi connectivity index (χ1v) is 14.1. The van der Waals surface area contributed by atoms with Crippen LogP contribution in [0.3, 0.4) is 0 Å². The molecule has 0 saturated heterocycles. The number of nitrogens with zero attached hydrogens (tertiary/aromatic N) is 2. The van der Waals surface area contributed by atoms with Crippen molar-refractivity contribution in [1.82, 2.24) is 10.2 Å². The second-order valence-electron chi connectivity index (χ2n) is 11.0. The van der Waals surface area contributed by atoms with Gasteiger partial charge in [0.25, 0.3) is 0 Å². The second-order valence-corrected chi connectivity index (χ2v) is 11.0. The Kier molecular flexibility index (Phi) is 10.3. The predicted molar refractivity (Wildman–Crippen MR) is 161 cm³/mol. The number of hydrogen-bond donors (Lipinski definition) is 2. The molecule has 1 atom stereocenters. The molecule has 8 heteroatoms. The zero-order chi connectivity index (χ0) is 29.5. The number of nitrogens with one attached hydrogen (secondary N) is 1. The Morgan fingerprint density at radius 2 is 1.88 bits per heavy atom. The van der Waals surface area contributed by atoms with Gasteiger partial charge in [0.1, 0.15) is 17.1 Å². The number of carbonyl (C=O) groups excluding carboxylic acids is 1. The summed E-state index contributed by atoms with van der Waals surface area (Å²) in [5.74, 6) is 1.72. The molecule has 0 fully saturated rings. The van der Waals surface area contributed by atoms with Crippen molar-refractivity contribution in [1.29, 1.82) is 0 Å². The Morgan fingerprint density at radius 1 is 1.18 bits per heavy atom. The fraction of sp³-hybridized carbons (Fsp3) is 0.500. The minimum absolute atomic E-state index is 0.0253. The molecule has 1 amide bonds. The van der Waals surface area contributed by atoms with E-state index in [0.29, 0.717) is 25.4 Å². The van der Waals surface area contributed by atoms with Gasteiger partial charge in [-0.25, -0.2) is 4.99 Å². The number of aliphatic imine (C=N–C) groups is 1. The topological polar surface area (TPSA) is 98.4 Å². The lowest BCUT2D eigenvalue weighted by atomic mass is 9.88. The highest BCUT2D eigenvalue weighted by Crippen LogP contribution is 2.33. The van der Waals surface area contributed by atoms with Gasteiger partial charge in [-0.2, -0.15) is 0 Å². The third-order valence-corrected chi connectivity index (χ3v) is 7.42. The van der Waals surface area contributed by atoms with E-state index in [4.69, 9.17) is 24.9 Å². The lowest BCUT2D eigenvalue weighted by Crippen LogP contribution is -2.50. The SMILES string of the molecule is C=C(NC(C)c1ccccc1OC(C)(C)COC)c1ccc(OCC)c(CN2C(=O)CC(CC)(CC)N=C2N)c1. The molecule has 1 aliphatic heterocycles. The Hall–Kier alpha value is -3.52. The van der Waals surface area contributed by atoms with E-state index in [1.165, 1.54) is 0 Å². The van der Waals surface area contributed by atoms with Crippen LogP contribution in [0, 0.1) is 0 Å². The average Bonchev–Trinajstić information content (AvgIpc) is 2.91. The van der Waals surface area contributed by atoms with E-state index in [-0.39, 0.29) is 24.5 Å². The van der Waals surface area contributed by atoms with Crippen LogP contribution in [0.15, 0.2) is 54.0 Å². The summed E-state index contributed by atoms with van der Waals surface area (Å²) in [6, 6.07) is 13.8. The van der Waals surface area contributed by atoms with Crippen molar-refractivity contribution >= 4 is 17.6 Å². The summed E-state index contributed by atoms with van der Waals surface area (Å²) >= 11 is 0. The van der Waals surface area contributed by atoms with E-state index in [0.717, 1.165) is 41.0 Å². The van der Waals surface area contributed by atoms with Crippen molar-refractivity contribution in [2.45, 2.75) is 84.5 Å². The number of para-hydroxylation sites is 1. The van der Waals surface area contributed by atoms with Gasteiger partial charge in [-0.05, 0) is 70.4 Å². The molecule has 1 aliphatic rings. The number of amides is 1. The molecular formula is C32H46N4O4. The van der Waals surface area contributed by atoms with Crippen LogP contribution in [0.2, 0.25) is 0 Å². The van der Waals surface area contributed by atoms with Crippen molar-refractivity contribution in [3.8, 4) is 11.5 Å². The number of methoxy groups -OCH3 is 1. The quantitative estimate of drug-likeness (QED) is 0.308. The largest absolute Gasteiger partial charge is 0.494 e. The summed E-state index contributed by atoms with van der Waals surface area (Å²) < 4.78 is 17.5. The van der Waals surface area contributed by atoms with Crippen molar-refractivity contribution in [2.24, 2.45) is 10.7 Å². The molecule has 0 aromatic heterocycles. The zero-order valence-electron chi connectivity index (χ0n) is 25.2.